The standard InChI is InChI=1S/C14H20ClNO2/c1-4-16-9-12-5-6-13(17-3)7-14(12)18-10-11(2)8-15/h5-8,16H,4,9-10H2,1-3H3/b11-8+. The topological polar surface area (TPSA) is 30.5 Å². The molecule has 1 rings (SSSR count). The average molecular weight is 270 g/mol. The summed E-state index contributed by atoms with van der Waals surface area (Å²) in [5.74, 6) is 1.62. The Morgan fingerprint density at radius 2 is 2.22 bits per heavy atom. The molecule has 0 bridgehead atoms. The van der Waals surface area contributed by atoms with Crippen molar-refractivity contribution >= 4 is 11.6 Å². The summed E-state index contributed by atoms with van der Waals surface area (Å²) in [5.41, 5.74) is 3.62. The quantitative estimate of drug-likeness (QED) is 0.824. The maximum atomic E-state index is 5.76. The Labute approximate surface area is 114 Å². The van der Waals surface area contributed by atoms with E-state index in [1.807, 2.05) is 25.1 Å². The normalized spacial score (nSPS) is 11.4. The first-order valence-corrected chi connectivity index (χ1v) is 6.41. The van der Waals surface area contributed by atoms with Crippen molar-refractivity contribution < 1.29 is 9.47 Å². The van der Waals surface area contributed by atoms with E-state index in [1.54, 1.807) is 7.11 Å². The fourth-order valence-electron chi connectivity index (χ4n) is 1.42. The molecule has 18 heavy (non-hydrogen) atoms. The number of nitrogens with one attached hydrogen (secondary N) is 1. The van der Waals surface area contributed by atoms with Gasteiger partial charge in [0, 0.05) is 23.7 Å². The van der Waals surface area contributed by atoms with Crippen molar-refractivity contribution in [2.75, 3.05) is 20.3 Å². The smallest absolute Gasteiger partial charge is 0.127 e. The molecule has 0 radical (unpaired) electrons. The Morgan fingerprint density at radius 3 is 2.83 bits per heavy atom. The minimum Gasteiger partial charge on any atom is -0.497 e. The van der Waals surface area contributed by atoms with Gasteiger partial charge in [0.05, 0.1) is 7.11 Å². The third kappa shape index (κ3) is 4.59. The van der Waals surface area contributed by atoms with E-state index in [0.29, 0.717) is 6.61 Å². The molecule has 1 aromatic rings. The largest absolute Gasteiger partial charge is 0.497 e. The van der Waals surface area contributed by atoms with Crippen LogP contribution < -0.4 is 14.8 Å². The molecule has 3 nitrogen and oxygen atoms in total. The molecule has 0 amide bonds. The SMILES string of the molecule is CCNCc1ccc(OC)cc1OC/C(C)=C/Cl. The molecule has 0 atom stereocenters. The van der Waals surface area contributed by atoms with Gasteiger partial charge in [-0.15, -0.1) is 0 Å². The van der Waals surface area contributed by atoms with Gasteiger partial charge in [0.2, 0.25) is 0 Å². The lowest BCUT2D eigenvalue weighted by molar-refractivity contribution is 0.342. The Kier molecular flexibility index (Phi) is 6.61. The first-order valence-electron chi connectivity index (χ1n) is 5.97. The summed E-state index contributed by atoms with van der Waals surface area (Å²) >= 11 is 5.62. The zero-order chi connectivity index (χ0) is 13.4. The summed E-state index contributed by atoms with van der Waals surface area (Å²) in [6.07, 6.45) is 0. The summed E-state index contributed by atoms with van der Waals surface area (Å²) in [5, 5.41) is 3.28. The van der Waals surface area contributed by atoms with Crippen LogP contribution in [0.1, 0.15) is 19.4 Å². The monoisotopic (exact) mass is 269 g/mol. The highest BCUT2D eigenvalue weighted by molar-refractivity contribution is 6.25. The van der Waals surface area contributed by atoms with Crippen LogP contribution in [0.3, 0.4) is 0 Å². The van der Waals surface area contributed by atoms with E-state index in [-0.39, 0.29) is 0 Å². The van der Waals surface area contributed by atoms with Gasteiger partial charge < -0.3 is 14.8 Å². The number of halogens is 1. The molecule has 1 N–H and O–H groups in total. The zero-order valence-electron chi connectivity index (χ0n) is 11.1. The molecule has 1 aromatic carbocycles. The van der Waals surface area contributed by atoms with E-state index in [0.717, 1.165) is 35.7 Å². The van der Waals surface area contributed by atoms with E-state index in [9.17, 15) is 0 Å². The first-order chi connectivity index (χ1) is 8.71. The molecule has 0 aliphatic carbocycles. The van der Waals surface area contributed by atoms with Crippen LogP contribution in [0.4, 0.5) is 0 Å². The molecule has 0 heterocycles. The van der Waals surface area contributed by atoms with E-state index < -0.39 is 0 Å². The Bertz CT molecular complexity index is 405. The lowest BCUT2D eigenvalue weighted by Gasteiger charge is -2.13. The van der Waals surface area contributed by atoms with Gasteiger partial charge in [-0.05, 0) is 25.1 Å². The fourth-order valence-corrected chi connectivity index (χ4v) is 1.49. The first kappa shape index (κ1) is 14.9. The second-order valence-corrected chi connectivity index (χ2v) is 4.22. The van der Waals surface area contributed by atoms with Gasteiger partial charge in [0.15, 0.2) is 0 Å². The molecular weight excluding hydrogens is 250 g/mol. The molecule has 100 valence electrons. The van der Waals surface area contributed by atoms with Crippen molar-refractivity contribution in [1.29, 1.82) is 0 Å². The molecule has 4 heteroatoms. The molecule has 0 saturated heterocycles. The third-order valence-corrected chi connectivity index (χ3v) is 2.85. The molecule has 0 aliphatic heterocycles. The van der Waals surface area contributed by atoms with Gasteiger partial charge in [0.1, 0.15) is 18.1 Å². The van der Waals surface area contributed by atoms with Crippen LogP contribution in [-0.2, 0) is 6.54 Å². The summed E-state index contributed by atoms with van der Waals surface area (Å²) < 4.78 is 11.0. The van der Waals surface area contributed by atoms with E-state index in [2.05, 4.69) is 12.2 Å². The van der Waals surface area contributed by atoms with Crippen molar-refractivity contribution in [3.05, 3.63) is 34.9 Å². The lowest BCUT2D eigenvalue weighted by atomic mass is 10.2. The van der Waals surface area contributed by atoms with Crippen LogP contribution in [0, 0.1) is 0 Å². The van der Waals surface area contributed by atoms with Gasteiger partial charge in [-0.2, -0.15) is 0 Å². The molecular formula is C14H20ClNO2. The highest BCUT2D eigenvalue weighted by atomic mass is 35.5. The second kappa shape index (κ2) is 8.01. The van der Waals surface area contributed by atoms with E-state index in [4.69, 9.17) is 21.1 Å². The van der Waals surface area contributed by atoms with Gasteiger partial charge in [-0.3, -0.25) is 0 Å². The average Bonchev–Trinajstić information content (AvgIpc) is 2.42. The molecule has 0 unspecified atom stereocenters. The molecule has 0 saturated carbocycles. The van der Waals surface area contributed by atoms with Gasteiger partial charge in [-0.25, -0.2) is 0 Å². The van der Waals surface area contributed by atoms with Crippen molar-refractivity contribution in [1.82, 2.24) is 5.32 Å². The van der Waals surface area contributed by atoms with Crippen LogP contribution in [0.25, 0.3) is 0 Å². The molecule has 0 aromatic heterocycles. The van der Waals surface area contributed by atoms with Crippen LogP contribution in [0.5, 0.6) is 11.5 Å². The van der Waals surface area contributed by atoms with E-state index in [1.165, 1.54) is 5.54 Å². The number of hydrogen-bond donors (Lipinski definition) is 1. The third-order valence-electron chi connectivity index (χ3n) is 2.48. The van der Waals surface area contributed by atoms with Gasteiger partial charge >= 0.3 is 0 Å². The maximum absolute atomic E-state index is 5.76. The maximum Gasteiger partial charge on any atom is 0.127 e. The predicted octanol–water partition coefficient (Wildman–Crippen LogP) is 3.33. The van der Waals surface area contributed by atoms with Crippen molar-refractivity contribution in [2.45, 2.75) is 20.4 Å². The minimum absolute atomic E-state index is 0.482. The summed E-state index contributed by atoms with van der Waals surface area (Å²) in [7, 11) is 1.65. The Hall–Kier alpha value is -1.19. The van der Waals surface area contributed by atoms with Crippen LogP contribution in [0.15, 0.2) is 29.3 Å². The number of rotatable bonds is 7. The Morgan fingerprint density at radius 1 is 1.44 bits per heavy atom. The summed E-state index contributed by atoms with van der Waals surface area (Å²) in [4.78, 5) is 0. The zero-order valence-corrected chi connectivity index (χ0v) is 11.9. The predicted molar refractivity (Wildman–Crippen MR) is 75.5 cm³/mol. The van der Waals surface area contributed by atoms with Crippen LogP contribution in [-0.4, -0.2) is 20.3 Å². The highest BCUT2D eigenvalue weighted by Crippen LogP contribution is 2.25. The van der Waals surface area contributed by atoms with Crippen molar-refractivity contribution in [3.8, 4) is 11.5 Å². The van der Waals surface area contributed by atoms with Crippen molar-refractivity contribution in [3.63, 3.8) is 0 Å². The van der Waals surface area contributed by atoms with Crippen molar-refractivity contribution in [2.24, 2.45) is 0 Å². The summed E-state index contributed by atoms with van der Waals surface area (Å²) in [6, 6.07) is 5.84. The number of hydrogen-bond acceptors (Lipinski definition) is 3. The number of methoxy groups -OCH3 is 1. The van der Waals surface area contributed by atoms with Gasteiger partial charge in [0.25, 0.3) is 0 Å². The van der Waals surface area contributed by atoms with Gasteiger partial charge in [-0.1, -0.05) is 24.6 Å². The fraction of sp³-hybridized carbons (Fsp3) is 0.429. The molecule has 0 spiro atoms. The van der Waals surface area contributed by atoms with Crippen LogP contribution >= 0.6 is 11.6 Å². The minimum atomic E-state index is 0.482. The van der Waals surface area contributed by atoms with Crippen LogP contribution in [0.2, 0.25) is 0 Å². The second-order valence-electron chi connectivity index (χ2n) is 4.00. The molecule has 0 aliphatic rings. The molecule has 0 fully saturated rings. The lowest BCUT2D eigenvalue weighted by Crippen LogP contribution is -2.13. The highest BCUT2D eigenvalue weighted by Gasteiger charge is 2.06. The summed E-state index contributed by atoms with van der Waals surface area (Å²) in [6.45, 7) is 6.18. The Balaban J connectivity index is 2.82. The number of ether oxygens (including phenoxy) is 2. The van der Waals surface area contributed by atoms with E-state index >= 15 is 0 Å². The number of benzene rings is 1.